The summed E-state index contributed by atoms with van der Waals surface area (Å²) in [7, 11) is 0. The lowest BCUT2D eigenvalue weighted by atomic mass is 10.1. The Kier molecular flexibility index (Phi) is 3.69. The SMILES string of the molecule is CC(C)Cn1c(Cc2cccc(F)c2)nc2cccnc21. The van der Waals surface area contributed by atoms with Crippen molar-refractivity contribution in [2.45, 2.75) is 26.8 Å². The number of hydrogen-bond donors (Lipinski definition) is 0. The van der Waals surface area contributed by atoms with Gasteiger partial charge in [0.2, 0.25) is 0 Å². The number of pyridine rings is 1. The number of fused-ring (bicyclic) bond motifs is 1. The number of nitrogens with zero attached hydrogens (tertiary/aromatic N) is 3. The second-order valence-corrected chi connectivity index (χ2v) is 5.69. The van der Waals surface area contributed by atoms with Crippen LogP contribution in [0, 0.1) is 11.7 Å². The van der Waals surface area contributed by atoms with Gasteiger partial charge in [-0.2, -0.15) is 0 Å². The van der Waals surface area contributed by atoms with E-state index in [1.54, 1.807) is 18.3 Å². The van der Waals surface area contributed by atoms with E-state index >= 15 is 0 Å². The van der Waals surface area contributed by atoms with Crippen LogP contribution in [0.5, 0.6) is 0 Å². The molecule has 1 aromatic carbocycles. The molecule has 0 N–H and O–H groups in total. The highest BCUT2D eigenvalue weighted by atomic mass is 19.1. The standard InChI is InChI=1S/C17H18FN3/c1-12(2)11-21-16(10-13-5-3-6-14(18)9-13)20-15-7-4-8-19-17(15)21/h3-9,12H,10-11H2,1-2H3. The highest BCUT2D eigenvalue weighted by Gasteiger charge is 2.13. The van der Waals surface area contributed by atoms with Gasteiger partial charge in [-0.1, -0.05) is 26.0 Å². The van der Waals surface area contributed by atoms with Crippen LogP contribution in [-0.2, 0) is 13.0 Å². The van der Waals surface area contributed by atoms with Crippen LogP contribution in [0.3, 0.4) is 0 Å². The van der Waals surface area contributed by atoms with E-state index in [9.17, 15) is 4.39 Å². The average molecular weight is 283 g/mol. The monoisotopic (exact) mass is 283 g/mol. The predicted molar refractivity (Wildman–Crippen MR) is 81.6 cm³/mol. The molecule has 0 aliphatic carbocycles. The zero-order chi connectivity index (χ0) is 14.8. The van der Waals surface area contributed by atoms with Crippen LogP contribution in [-0.4, -0.2) is 14.5 Å². The normalized spacial score (nSPS) is 11.4. The summed E-state index contributed by atoms with van der Waals surface area (Å²) in [4.78, 5) is 9.11. The Labute approximate surface area is 123 Å². The Bertz CT molecular complexity index is 762. The quantitative estimate of drug-likeness (QED) is 0.729. The molecule has 0 saturated heterocycles. The van der Waals surface area contributed by atoms with Crippen LogP contribution >= 0.6 is 0 Å². The molecule has 0 amide bonds. The second-order valence-electron chi connectivity index (χ2n) is 5.69. The number of hydrogen-bond acceptors (Lipinski definition) is 2. The molecule has 0 saturated carbocycles. The third-order valence-corrected chi connectivity index (χ3v) is 3.38. The van der Waals surface area contributed by atoms with Crippen molar-refractivity contribution < 1.29 is 4.39 Å². The third-order valence-electron chi connectivity index (χ3n) is 3.38. The van der Waals surface area contributed by atoms with Crippen LogP contribution < -0.4 is 0 Å². The topological polar surface area (TPSA) is 30.7 Å². The average Bonchev–Trinajstić information content (AvgIpc) is 2.76. The number of rotatable bonds is 4. The first-order valence-electron chi connectivity index (χ1n) is 7.18. The van der Waals surface area contributed by atoms with Gasteiger partial charge in [0.15, 0.2) is 5.65 Å². The highest BCUT2D eigenvalue weighted by molar-refractivity contribution is 5.71. The van der Waals surface area contributed by atoms with Gasteiger partial charge in [0, 0.05) is 19.2 Å². The molecule has 0 bridgehead atoms. The molecule has 0 aliphatic heterocycles. The van der Waals surface area contributed by atoms with Crippen LogP contribution in [0.25, 0.3) is 11.2 Å². The van der Waals surface area contributed by atoms with E-state index in [1.165, 1.54) is 6.07 Å². The van der Waals surface area contributed by atoms with E-state index in [0.29, 0.717) is 12.3 Å². The molecule has 0 aliphatic rings. The van der Waals surface area contributed by atoms with Gasteiger partial charge >= 0.3 is 0 Å². The van der Waals surface area contributed by atoms with Crippen molar-refractivity contribution in [1.82, 2.24) is 14.5 Å². The van der Waals surface area contributed by atoms with Crippen LogP contribution in [0.2, 0.25) is 0 Å². The second kappa shape index (κ2) is 5.64. The summed E-state index contributed by atoms with van der Waals surface area (Å²) in [5, 5.41) is 0. The van der Waals surface area contributed by atoms with Crippen molar-refractivity contribution in [2.24, 2.45) is 5.92 Å². The first-order valence-corrected chi connectivity index (χ1v) is 7.18. The minimum atomic E-state index is -0.211. The number of imidazole rings is 1. The van der Waals surface area contributed by atoms with Gasteiger partial charge in [0.25, 0.3) is 0 Å². The molecule has 3 rings (SSSR count). The van der Waals surface area contributed by atoms with Crippen molar-refractivity contribution >= 4 is 11.2 Å². The summed E-state index contributed by atoms with van der Waals surface area (Å²) in [6, 6.07) is 10.5. The maximum atomic E-state index is 13.3. The maximum Gasteiger partial charge on any atom is 0.160 e. The Morgan fingerprint density at radius 2 is 2.05 bits per heavy atom. The maximum absolute atomic E-state index is 13.3. The fourth-order valence-electron chi connectivity index (χ4n) is 2.53. The largest absolute Gasteiger partial charge is 0.312 e. The first-order chi connectivity index (χ1) is 10.1. The molecule has 21 heavy (non-hydrogen) atoms. The number of benzene rings is 1. The minimum Gasteiger partial charge on any atom is -0.312 e. The first kappa shape index (κ1) is 13.7. The molecule has 2 aromatic heterocycles. The van der Waals surface area contributed by atoms with Crippen molar-refractivity contribution in [1.29, 1.82) is 0 Å². The van der Waals surface area contributed by atoms with Crippen molar-refractivity contribution in [3.63, 3.8) is 0 Å². The van der Waals surface area contributed by atoms with E-state index in [2.05, 4.69) is 28.4 Å². The fourth-order valence-corrected chi connectivity index (χ4v) is 2.53. The zero-order valence-corrected chi connectivity index (χ0v) is 12.3. The molecule has 0 spiro atoms. The van der Waals surface area contributed by atoms with Gasteiger partial charge in [0.1, 0.15) is 17.2 Å². The van der Waals surface area contributed by atoms with Crippen molar-refractivity contribution in [3.8, 4) is 0 Å². The van der Waals surface area contributed by atoms with Gasteiger partial charge in [-0.25, -0.2) is 14.4 Å². The minimum absolute atomic E-state index is 0.211. The molecular weight excluding hydrogens is 265 g/mol. The molecule has 3 nitrogen and oxygen atoms in total. The number of halogens is 1. The third kappa shape index (κ3) is 2.94. The fraction of sp³-hybridized carbons (Fsp3) is 0.294. The highest BCUT2D eigenvalue weighted by Crippen LogP contribution is 2.18. The van der Waals surface area contributed by atoms with Gasteiger partial charge in [0.05, 0.1) is 0 Å². The van der Waals surface area contributed by atoms with Crippen molar-refractivity contribution in [3.05, 3.63) is 59.8 Å². The van der Waals surface area contributed by atoms with Gasteiger partial charge in [-0.3, -0.25) is 0 Å². The molecule has 3 aromatic rings. The molecule has 0 radical (unpaired) electrons. The van der Waals surface area contributed by atoms with Gasteiger partial charge in [-0.05, 0) is 35.7 Å². The lowest BCUT2D eigenvalue weighted by molar-refractivity contribution is 0.517. The summed E-state index contributed by atoms with van der Waals surface area (Å²) >= 11 is 0. The van der Waals surface area contributed by atoms with E-state index in [-0.39, 0.29) is 5.82 Å². The van der Waals surface area contributed by atoms with Crippen molar-refractivity contribution in [2.75, 3.05) is 0 Å². The molecular formula is C17H18FN3. The van der Waals surface area contributed by atoms with E-state index in [1.807, 2.05) is 18.2 Å². The van der Waals surface area contributed by atoms with Crippen LogP contribution in [0.1, 0.15) is 25.2 Å². The zero-order valence-electron chi connectivity index (χ0n) is 12.3. The van der Waals surface area contributed by atoms with E-state index in [0.717, 1.165) is 29.1 Å². The predicted octanol–water partition coefficient (Wildman–Crippen LogP) is 3.82. The summed E-state index contributed by atoms with van der Waals surface area (Å²) in [6.07, 6.45) is 2.40. The van der Waals surface area contributed by atoms with Crippen LogP contribution in [0.15, 0.2) is 42.6 Å². The Hall–Kier alpha value is -2.23. The molecule has 108 valence electrons. The molecule has 0 atom stereocenters. The van der Waals surface area contributed by atoms with Crippen LogP contribution in [0.4, 0.5) is 4.39 Å². The summed E-state index contributed by atoms with van der Waals surface area (Å²) < 4.78 is 15.5. The smallest absolute Gasteiger partial charge is 0.160 e. The van der Waals surface area contributed by atoms with E-state index in [4.69, 9.17) is 0 Å². The van der Waals surface area contributed by atoms with Gasteiger partial charge in [-0.15, -0.1) is 0 Å². The Balaban J connectivity index is 2.04. The Morgan fingerprint density at radius 1 is 1.19 bits per heavy atom. The molecule has 0 unspecified atom stereocenters. The van der Waals surface area contributed by atoms with E-state index < -0.39 is 0 Å². The molecule has 0 fully saturated rings. The summed E-state index contributed by atoms with van der Waals surface area (Å²) in [6.45, 7) is 5.19. The Morgan fingerprint density at radius 3 is 2.81 bits per heavy atom. The summed E-state index contributed by atoms with van der Waals surface area (Å²) in [5.74, 6) is 1.22. The lowest BCUT2D eigenvalue weighted by Gasteiger charge is -2.11. The molecule has 2 heterocycles. The number of aromatic nitrogens is 3. The molecule has 4 heteroatoms. The van der Waals surface area contributed by atoms with Gasteiger partial charge < -0.3 is 4.57 Å². The lowest BCUT2D eigenvalue weighted by Crippen LogP contribution is -2.09. The summed E-state index contributed by atoms with van der Waals surface area (Å²) in [5.41, 5.74) is 2.72.